The van der Waals surface area contributed by atoms with Gasteiger partial charge in [-0.2, -0.15) is 0 Å². The van der Waals surface area contributed by atoms with E-state index in [1.807, 2.05) is 6.92 Å². The van der Waals surface area contributed by atoms with Gasteiger partial charge in [0.25, 0.3) is 0 Å². The quantitative estimate of drug-likeness (QED) is 0.338. The monoisotopic (exact) mass is 83.0 g/mol. The molecule has 0 aromatic carbocycles. The van der Waals surface area contributed by atoms with Crippen molar-refractivity contribution in [1.82, 2.24) is 0 Å². The van der Waals surface area contributed by atoms with Gasteiger partial charge in [0.2, 0.25) is 0 Å². The normalized spacial score (nSPS) is 11.5. The fourth-order valence-corrected chi connectivity index (χ4v) is 0.156. The lowest BCUT2D eigenvalue weighted by Gasteiger charge is -1.59. The first kappa shape index (κ1) is 5.28. The van der Waals surface area contributed by atoms with Gasteiger partial charge in [-0.25, -0.2) is 0 Å². The van der Waals surface area contributed by atoms with E-state index in [1.54, 1.807) is 12.2 Å². The Labute approximate surface area is 37.6 Å². The first-order valence-electron chi connectivity index (χ1n) is 1.81. The minimum atomic E-state index is 0.750. The molecule has 0 atom stereocenters. The maximum atomic E-state index is 9.46. The molecule has 0 saturated carbocycles. The summed E-state index contributed by atoms with van der Waals surface area (Å²) in [5, 5.41) is 9.46. The predicted molar refractivity (Wildman–Crippen MR) is 24.6 cm³/mol. The van der Waals surface area contributed by atoms with Gasteiger partial charge < -0.3 is 0 Å². The summed E-state index contributed by atoms with van der Waals surface area (Å²) in [4.78, 5) is 0. The maximum absolute atomic E-state index is 9.46. The molecule has 0 aliphatic heterocycles. The fourth-order valence-electron chi connectivity index (χ4n) is 0.156. The van der Waals surface area contributed by atoms with Crippen LogP contribution in [0.1, 0.15) is 6.92 Å². The van der Waals surface area contributed by atoms with Gasteiger partial charge in [0.05, 0.1) is 0 Å². The van der Waals surface area contributed by atoms with Crippen LogP contribution in [0.5, 0.6) is 0 Å². The summed E-state index contributed by atoms with van der Waals surface area (Å²) in [6.07, 6.45) is 5.68. The van der Waals surface area contributed by atoms with Gasteiger partial charge in [0.1, 0.15) is 6.26 Å². The van der Waals surface area contributed by atoms with E-state index in [0.29, 0.717) is 0 Å². The standard InChI is InChI=1S/C5H7O/c1-2-3-4-5-6/h2-5H,1H3/b3-2+,5-4+. The van der Waals surface area contributed by atoms with E-state index in [0.717, 1.165) is 6.26 Å². The first-order valence-corrected chi connectivity index (χ1v) is 1.81. The largest absolute Gasteiger partial charge is 0.299 e. The van der Waals surface area contributed by atoms with Crippen LogP contribution in [0.25, 0.3) is 0 Å². The third-order valence-electron chi connectivity index (χ3n) is 0.382. The second kappa shape index (κ2) is 4.28. The molecule has 6 heavy (non-hydrogen) atoms. The number of hydrogen-bond acceptors (Lipinski definition) is 0. The van der Waals surface area contributed by atoms with Crippen LogP contribution in [0.2, 0.25) is 0 Å². The van der Waals surface area contributed by atoms with E-state index in [1.165, 1.54) is 6.08 Å². The Morgan fingerprint density at radius 1 is 1.33 bits per heavy atom. The molecule has 0 amide bonds. The number of allylic oxidation sites excluding steroid dienone is 3. The zero-order chi connectivity index (χ0) is 4.83. The van der Waals surface area contributed by atoms with Crippen LogP contribution < -0.4 is 0 Å². The summed E-state index contributed by atoms with van der Waals surface area (Å²) in [5.41, 5.74) is 0. The molecule has 0 aromatic heterocycles. The third kappa shape index (κ3) is 3.28. The fraction of sp³-hybridized carbons (Fsp3) is 0.200. The van der Waals surface area contributed by atoms with E-state index in [9.17, 15) is 5.11 Å². The van der Waals surface area contributed by atoms with Crippen molar-refractivity contribution >= 4 is 0 Å². The van der Waals surface area contributed by atoms with Crippen LogP contribution in [0, 0.1) is 0 Å². The molecule has 0 bridgehead atoms. The summed E-state index contributed by atoms with van der Waals surface area (Å²) in [6.45, 7) is 1.86. The third-order valence-corrected chi connectivity index (χ3v) is 0.382. The van der Waals surface area contributed by atoms with Crippen molar-refractivity contribution in [1.29, 1.82) is 0 Å². The molecule has 33 valence electrons. The highest BCUT2D eigenvalue weighted by molar-refractivity contribution is 4.96. The van der Waals surface area contributed by atoms with Gasteiger partial charge in [-0.3, -0.25) is 5.11 Å². The topological polar surface area (TPSA) is 19.9 Å². The molecule has 0 fully saturated rings. The molecule has 0 heterocycles. The summed E-state index contributed by atoms with van der Waals surface area (Å²) in [5.74, 6) is 0. The molecule has 1 radical (unpaired) electrons. The molecule has 1 heteroatoms. The molecule has 0 rings (SSSR count). The van der Waals surface area contributed by atoms with Crippen molar-refractivity contribution < 1.29 is 5.11 Å². The molecule has 0 N–H and O–H groups in total. The van der Waals surface area contributed by atoms with Crippen molar-refractivity contribution in [2.45, 2.75) is 6.92 Å². The lowest BCUT2D eigenvalue weighted by atomic mass is 10.5. The SMILES string of the molecule is C/C=C/C=C/[O]. The Kier molecular flexibility index (Phi) is 3.77. The van der Waals surface area contributed by atoms with Gasteiger partial charge in [-0.05, 0) is 13.0 Å². The summed E-state index contributed by atoms with van der Waals surface area (Å²) < 4.78 is 0. The highest BCUT2D eigenvalue weighted by Crippen LogP contribution is 1.69. The summed E-state index contributed by atoms with van der Waals surface area (Å²) in [6, 6.07) is 0. The number of rotatable bonds is 1. The predicted octanol–water partition coefficient (Wildman–Crippen LogP) is 1.51. The van der Waals surface area contributed by atoms with Crippen LogP contribution in [0.15, 0.2) is 24.5 Å². The lowest BCUT2D eigenvalue weighted by Crippen LogP contribution is -1.42. The highest BCUT2D eigenvalue weighted by atomic mass is 16.2. The van der Waals surface area contributed by atoms with E-state index >= 15 is 0 Å². The molecule has 0 aliphatic carbocycles. The Morgan fingerprint density at radius 2 is 2.00 bits per heavy atom. The van der Waals surface area contributed by atoms with E-state index < -0.39 is 0 Å². The molecule has 1 nitrogen and oxygen atoms in total. The minimum absolute atomic E-state index is 0.750. The molecule has 0 aliphatic rings. The zero-order valence-electron chi connectivity index (χ0n) is 3.72. The molecular weight excluding hydrogens is 76.1 g/mol. The van der Waals surface area contributed by atoms with Crippen LogP contribution in [-0.4, -0.2) is 0 Å². The zero-order valence-corrected chi connectivity index (χ0v) is 3.72. The van der Waals surface area contributed by atoms with Crippen LogP contribution >= 0.6 is 0 Å². The van der Waals surface area contributed by atoms with Gasteiger partial charge in [0, 0.05) is 0 Å². The van der Waals surface area contributed by atoms with E-state index in [4.69, 9.17) is 0 Å². The van der Waals surface area contributed by atoms with Gasteiger partial charge in [-0.15, -0.1) is 0 Å². The van der Waals surface area contributed by atoms with E-state index in [-0.39, 0.29) is 0 Å². The Morgan fingerprint density at radius 3 is 2.17 bits per heavy atom. The van der Waals surface area contributed by atoms with Crippen molar-refractivity contribution in [3.05, 3.63) is 24.5 Å². The van der Waals surface area contributed by atoms with Crippen LogP contribution in [0.3, 0.4) is 0 Å². The Hall–Kier alpha value is -0.720. The first-order chi connectivity index (χ1) is 2.91. The molecule has 0 unspecified atom stereocenters. The van der Waals surface area contributed by atoms with Crippen LogP contribution in [-0.2, 0) is 5.11 Å². The molecule has 0 aromatic rings. The average molecular weight is 83.1 g/mol. The second-order valence-corrected chi connectivity index (χ2v) is 0.854. The highest BCUT2D eigenvalue weighted by Gasteiger charge is 1.52. The summed E-state index contributed by atoms with van der Waals surface area (Å²) in [7, 11) is 0. The number of hydrogen-bond donors (Lipinski definition) is 0. The average Bonchev–Trinajstić information content (AvgIpc) is 1.61. The minimum Gasteiger partial charge on any atom is -0.299 e. The maximum Gasteiger partial charge on any atom is 0.142 e. The van der Waals surface area contributed by atoms with Gasteiger partial charge >= 0.3 is 0 Å². The van der Waals surface area contributed by atoms with Crippen molar-refractivity contribution in [2.24, 2.45) is 0 Å². The van der Waals surface area contributed by atoms with Gasteiger partial charge in [-0.1, -0.05) is 12.2 Å². The molecule has 0 spiro atoms. The smallest absolute Gasteiger partial charge is 0.142 e. The van der Waals surface area contributed by atoms with Crippen molar-refractivity contribution in [3.63, 3.8) is 0 Å². The Balaban J connectivity index is 3.07. The summed E-state index contributed by atoms with van der Waals surface area (Å²) >= 11 is 0. The van der Waals surface area contributed by atoms with E-state index in [2.05, 4.69) is 0 Å². The lowest BCUT2D eigenvalue weighted by molar-refractivity contribution is 0.352. The van der Waals surface area contributed by atoms with Crippen molar-refractivity contribution in [3.8, 4) is 0 Å². The molecule has 0 saturated heterocycles. The second-order valence-electron chi connectivity index (χ2n) is 0.854. The van der Waals surface area contributed by atoms with Crippen LogP contribution in [0.4, 0.5) is 0 Å². The molecular formula is C5H7O. The van der Waals surface area contributed by atoms with Crippen molar-refractivity contribution in [2.75, 3.05) is 0 Å². The van der Waals surface area contributed by atoms with Gasteiger partial charge in [0.15, 0.2) is 0 Å². The Bertz CT molecular complexity index is 52.3.